The summed E-state index contributed by atoms with van der Waals surface area (Å²) in [5, 5.41) is 0. The van der Waals surface area contributed by atoms with Crippen molar-refractivity contribution in [3.05, 3.63) is 54.0 Å². The number of nitrogen functional groups attached to an aromatic ring is 1. The van der Waals surface area contributed by atoms with Crippen LogP contribution in [0.1, 0.15) is 16.1 Å². The van der Waals surface area contributed by atoms with Crippen LogP contribution in [-0.4, -0.2) is 14.3 Å². The second-order valence-corrected chi connectivity index (χ2v) is 5.67. The molecule has 0 aliphatic carbocycles. The number of amides is 1. The Labute approximate surface area is 115 Å². The molecule has 0 aliphatic rings. The zero-order chi connectivity index (χ0) is 14.6. The van der Waals surface area contributed by atoms with Gasteiger partial charge in [0.05, 0.1) is 17.7 Å². The summed E-state index contributed by atoms with van der Waals surface area (Å²) in [7, 11) is -3.66. The topological polar surface area (TPSA) is 114 Å². The molecule has 0 saturated heterocycles. The number of carbonyl (C=O) groups is 1. The van der Waals surface area contributed by atoms with Crippen LogP contribution in [0.4, 0.5) is 0 Å². The van der Waals surface area contributed by atoms with E-state index in [9.17, 15) is 13.2 Å². The van der Waals surface area contributed by atoms with E-state index < -0.39 is 15.9 Å². The molecule has 0 fully saturated rings. The lowest BCUT2D eigenvalue weighted by molar-refractivity contribution is 0.0953. The first-order valence-corrected chi connectivity index (χ1v) is 7.14. The lowest BCUT2D eigenvalue weighted by atomic mass is 10.2. The molecule has 0 unspecified atom stereocenters. The molecule has 0 aliphatic heterocycles. The molecule has 1 aromatic carbocycles. The Bertz CT molecular complexity index is 678. The van der Waals surface area contributed by atoms with E-state index >= 15 is 0 Å². The lowest BCUT2D eigenvalue weighted by Crippen LogP contribution is -2.30. The van der Waals surface area contributed by atoms with E-state index in [-0.39, 0.29) is 17.0 Å². The molecular formula is C12H13N3O4S. The van der Waals surface area contributed by atoms with E-state index in [1.165, 1.54) is 30.5 Å². The number of hydrogen-bond acceptors (Lipinski definition) is 5. The van der Waals surface area contributed by atoms with Gasteiger partial charge in [0.25, 0.3) is 5.91 Å². The van der Waals surface area contributed by atoms with E-state index in [0.29, 0.717) is 5.76 Å². The summed E-state index contributed by atoms with van der Waals surface area (Å²) in [6, 6.07) is 8.75. The first-order chi connectivity index (χ1) is 9.53. The standard InChI is InChI=1S/C12H13N3O4S/c13-15-12(16)9-3-5-11(6-4-9)20(17,18)14-8-10-2-1-7-19-10/h1-7,14H,8,13H2,(H,15,16). The second kappa shape index (κ2) is 5.87. The maximum absolute atomic E-state index is 12.0. The Hall–Kier alpha value is -2.16. The highest BCUT2D eigenvalue weighted by Crippen LogP contribution is 2.11. The smallest absolute Gasteiger partial charge is 0.265 e. The number of hydrogen-bond donors (Lipinski definition) is 3. The molecule has 8 heteroatoms. The zero-order valence-electron chi connectivity index (χ0n) is 10.4. The fourth-order valence-corrected chi connectivity index (χ4v) is 2.52. The Kier molecular flexibility index (Phi) is 4.18. The van der Waals surface area contributed by atoms with Crippen molar-refractivity contribution >= 4 is 15.9 Å². The van der Waals surface area contributed by atoms with Crippen LogP contribution >= 0.6 is 0 Å². The van der Waals surface area contributed by atoms with Crippen molar-refractivity contribution in [2.24, 2.45) is 5.84 Å². The molecular weight excluding hydrogens is 282 g/mol. The third kappa shape index (κ3) is 3.23. The van der Waals surface area contributed by atoms with E-state index in [4.69, 9.17) is 10.3 Å². The second-order valence-electron chi connectivity index (χ2n) is 3.90. The predicted molar refractivity (Wildman–Crippen MR) is 70.8 cm³/mol. The number of rotatable bonds is 5. The molecule has 0 saturated carbocycles. The molecule has 7 nitrogen and oxygen atoms in total. The first kappa shape index (κ1) is 14.3. The quantitative estimate of drug-likeness (QED) is 0.418. The molecule has 1 heterocycles. The van der Waals surface area contributed by atoms with E-state index in [0.717, 1.165) is 0 Å². The molecule has 2 aromatic rings. The van der Waals surface area contributed by atoms with Gasteiger partial charge in [-0.1, -0.05) is 0 Å². The monoisotopic (exact) mass is 295 g/mol. The summed E-state index contributed by atoms with van der Waals surface area (Å²) >= 11 is 0. The lowest BCUT2D eigenvalue weighted by Gasteiger charge is -2.06. The summed E-state index contributed by atoms with van der Waals surface area (Å²) in [6.07, 6.45) is 1.46. The molecule has 4 N–H and O–H groups in total. The van der Waals surface area contributed by atoms with E-state index in [1.807, 2.05) is 5.43 Å². The summed E-state index contributed by atoms with van der Waals surface area (Å²) in [5.74, 6) is 5.01. The van der Waals surface area contributed by atoms with Crippen molar-refractivity contribution in [1.82, 2.24) is 10.1 Å². The molecule has 0 radical (unpaired) electrons. The van der Waals surface area contributed by atoms with Crippen molar-refractivity contribution < 1.29 is 17.6 Å². The number of hydrazine groups is 1. The largest absolute Gasteiger partial charge is 0.468 e. The first-order valence-electron chi connectivity index (χ1n) is 5.66. The molecule has 0 bridgehead atoms. The number of benzene rings is 1. The highest BCUT2D eigenvalue weighted by atomic mass is 32.2. The summed E-state index contributed by atoms with van der Waals surface area (Å²) in [4.78, 5) is 11.3. The SMILES string of the molecule is NNC(=O)c1ccc(S(=O)(=O)NCc2ccco2)cc1. The highest BCUT2D eigenvalue weighted by Gasteiger charge is 2.15. The van der Waals surface area contributed by atoms with Crippen LogP contribution in [0.25, 0.3) is 0 Å². The van der Waals surface area contributed by atoms with E-state index in [2.05, 4.69) is 4.72 Å². The van der Waals surface area contributed by atoms with Crippen LogP contribution in [0.5, 0.6) is 0 Å². The highest BCUT2D eigenvalue weighted by molar-refractivity contribution is 7.89. The molecule has 20 heavy (non-hydrogen) atoms. The number of carbonyl (C=O) groups excluding carboxylic acids is 1. The van der Waals surface area contributed by atoms with Crippen LogP contribution in [0, 0.1) is 0 Å². The van der Waals surface area contributed by atoms with Crippen LogP contribution in [0.3, 0.4) is 0 Å². The van der Waals surface area contributed by atoms with Gasteiger partial charge < -0.3 is 4.42 Å². The van der Waals surface area contributed by atoms with Gasteiger partial charge in [0.1, 0.15) is 5.76 Å². The normalized spacial score (nSPS) is 11.2. The third-order valence-corrected chi connectivity index (χ3v) is 3.99. The average molecular weight is 295 g/mol. The van der Waals surface area contributed by atoms with Gasteiger partial charge in [0.15, 0.2) is 0 Å². The minimum absolute atomic E-state index is 0.0534. The molecule has 1 amide bonds. The number of nitrogens with two attached hydrogens (primary N) is 1. The van der Waals surface area contributed by atoms with Crippen molar-refractivity contribution in [1.29, 1.82) is 0 Å². The van der Waals surface area contributed by atoms with Gasteiger partial charge in [-0.25, -0.2) is 19.0 Å². The third-order valence-electron chi connectivity index (χ3n) is 2.57. The van der Waals surface area contributed by atoms with Gasteiger partial charge >= 0.3 is 0 Å². The Morgan fingerprint density at radius 2 is 1.90 bits per heavy atom. The van der Waals surface area contributed by atoms with Crippen molar-refractivity contribution in [3.8, 4) is 0 Å². The van der Waals surface area contributed by atoms with Crippen molar-refractivity contribution in [2.45, 2.75) is 11.4 Å². The molecule has 0 spiro atoms. The van der Waals surface area contributed by atoms with Gasteiger partial charge in [-0.15, -0.1) is 0 Å². The van der Waals surface area contributed by atoms with Gasteiger partial charge in [-0.3, -0.25) is 10.2 Å². The van der Waals surface area contributed by atoms with Crippen molar-refractivity contribution in [2.75, 3.05) is 0 Å². The number of nitrogens with one attached hydrogen (secondary N) is 2. The van der Waals surface area contributed by atoms with Crippen molar-refractivity contribution in [3.63, 3.8) is 0 Å². The van der Waals surface area contributed by atoms with Gasteiger partial charge in [0.2, 0.25) is 10.0 Å². The predicted octanol–water partition coefficient (Wildman–Crippen LogP) is 0.362. The minimum Gasteiger partial charge on any atom is -0.468 e. The van der Waals surface area contributed by atoms with Crippen LogP contribution in [0.2, 0.25) is 0 Å². The summed E-state index contributed by atoms with van der Waals surface area (Å²) < 4.78 is 31.4. The molecule has 106 valence electrons. The molecule has 1 aromatic heterocycles. The molecule has 0 atom stereocenters. The van der Waals surface area contributed by atoms with Crippen LogP contribution in [-0.2, 0) is 16.6 Å². The van der Waals surface area contributed by atoms with E-state index in [1.54, 1.807) is 12.1 Å². The van der Waals surface area contributed by atoms with Crippen LogP contribution < -0.4 is 16.0 Å². The fourth-order valence-electron chi connectivity index (χ4n) is 1.53. The van der Waals surface area contributed by atoms with Gasteiger partial charge in [0, 0.05) is 5.56 Å². The van der Waals surface area contributed by atoms with Gasteiger partial charge in [-0.2, -0.15) is 0 Å². The van der Waals surface area contributed by atoms with Gasteiger partial charge in [-0.05, 0) is 36.4 Å². The Balaban J connectivity index is 2.11. The zero-order valence-corrected chi connectivity index (χ0v) is 11.2. The Morgan fingerprint density at radius 1 is 1.20 bits per heavy atom. The number of sulfonamides is 1. The maximum atomic E-state index is 12.0. The summed E-state index contributed by atoms with van der Waals surface area (Å²) in [6.45, 7) is 0.0559. The average Bonchev–Trinajstić information content (AvgIpc) is 2.98. The Morgan fingerprint density at radius 3 is 2.45 bits per heavy atom. The number of furan rings is 1. The fraction of sp³-hybridized carbons (Fsp3) is 0.0833. The maximum Gasteiger partial charge on any atom is 0.265 e. The minimum atomic E-state index is -3.66. The van der Waals surface area contributed by atoms with Crippen LogP contribution in [0.15, 0.2) is 52.0 Å². The molecule has 2 rings (SSSR count). The summed E-state index contributed by atoms with van der Waals surface area (Å²) in [5.41, 5.74) is 2.24.